The van der Waals surface area contributed by atoms with Crippen LogP contribution >= 0.6 is 24.4 Å². The van der Waals surface area contributed by atoms with Crippen LogP contribution in [0.5, 0.6) is 23.3 Å². The Hall–Kier alpha value is -5.96. The number of ether oxygens (including phenoxy) is 2. The van der Waals surface area contributed by atoms with Gasteiger partial charge in [-0.2, -0.15) is 0 Å². The molecule has 288 valence electrons. The number of aromatic nitrogens is 4. The number of aryl methyl sites for hydroxylation is 2. The summed E-state index contributed by atoms with van der Waals surface area (Å²) in [5.74, 6) is -1.17. The molecule has 0 spiro atoms. The number of quaternary nitrogens is 1. The highest BCUT2D eigenvalue weighted by Crippen LogP contribution is 2.39. The maximum Gasteiger partial charge on any atom is 0.259 e. The van der Waals surface area contributed by atoms with Crippen LogP contribution in [-0.4, -0.2) is 64.6 Å². The summed E-state index contributed by atoms with van der Waals surface area (Å²) < 4.78 is 13.9. The summed E-state index contributed by atoms with van der Waals surface area (Å²) in [5, 5.41) is 26.9. The lowest BCUT2D eigenvalue weighted by molar-refractivity contribution is -0.914. The highest BCUT2D eigenvalue weighted by molar-refractivity contribution is 7.71. The van der Waals surface area contributed by atoms with Gasteiger partial charge in [-0.3, -0.25) is 24.1 Å². The number of hydrogen-bond acceptors (Lipinski definition) is 9. The molecule has 1 aliphatic rings. The van der Waals surface area contributed by atoms with Crippen LogP contribution in [0, 0.1) is 23.4 Å². The van der Waals surface area contributed by atoms with Crippen molar-refractivity contribution in [3.8, 4) is 34.6 Å². The zero-order valence-electron chi connectivity index (χ0n) is 31.4. The molecule has 56 heavy (non-hydrogen) atoms. The van der Waals surface area contributed by atoms with E-state index in [0.29, 0.717) is 29.2 Å². The molecule has 4 N–H and O–H groups in total. The van der Waals surface area contributed by atoms with Crippen LogP contribution in [-0.2, 0) is 6.54 Å². The topological polar surface area (TPSA) is 145 Å². The van der Waals surface area contributed by atoms with Crippen molar-refractivity contribution in [2.75, 3.05) is 45.3 Å². The van der Waals surface area contributed by atoms with Gasteiger partial charge in [0.1, 0.15) is 18.0 Å². The van der Waals surface area contributed by atoms with Crippen molar-refractivity contribution in [3.05, 3.63) is 155 Å². The van der Waals surface area contributed by atoms with Crippen molar-refractivity contribution in [1.29, 1.82) is 0 Å². The van der Waals surface area contributed by atoms with Crippen LogP contribution in [0.15, 0.2) is 101 Å². The summed E-state index contributed by atoms with van der Waals surface area (Å²) in [5.41, 5.74) is 2.87. The first-order valence-electron chi connectivity index (χ1n) is 18.2. The predicted molar refractivity (Wildman–Crippen MR) is 219 cm³/mol. The second-order valence-corrected chi connectivity index (χ2v) is 14.7. The van der Waals surface area contributed by atoms with E-state index in [1.165, 1.54) is 14.0 Å². The lowest BCUT2D eigenvalue weighted by Crippen LogP contribution is -3.13. The maximum atomic E-state index is 14.7. The summed E-state index contributed by atoms with van der Waals surface area (Å²) >= 11 is 11.1. The Morgan fingerprint density at radius 3 is 1.98 bits per heavy atom. The minimum absolute atomic E-state index is 0.0566. The van der Waals surface area contributed by atoms with Gasteiger partial charge in [0.2, 0.25) is 5.88 Å². The number of para-hydroxylation sites is 2. The Morgan fingerprint density at radius 1 is 0.768 bits per heavy atom. The first-order chi connectivity index (χ1) is 27.0. The standard InChI is InChI=1S/C42H42N6O6S2/c1-25-9-7-11-29(21-25)47-39(51)35(37(49)43-41(47)55)34(36-38(50)44-42(56)48(40(36)52)30-12-8-10-26(2)22-30)27-15-16-32(53-3)28(23-27)24-45-17-19-46(20-18-45)31-13-5-6-14-33(31)54-4/h5-16,21-23,34,51-52H,17-20,24H2,1-4H3,(H,43,49,55)(H,44,50,56). The molecule has 6 aromatic rings. The lowest BCUT2D eigenvalue weighted by atomic mass is 9.85. The van der Waals surface area contributed by atoms with Crippen LogP contribution < -0.4 is 35.5 Å². The van der Waals surface area contributed by atoms with Gasteiger partial charge in [-0.05, 0) is 109 Å². The first-order valence-corrected chi connectivity index (χ1v) is 19.0. The number of hydrogen-bond donors (Lipinski definition) is 4. The van der Waals surface area contributed by atoms with E-state index >= 15 is 0 Å². The molecule has 1 atom stereocenters. The number of rotatable bonds is 10. The van der Waals surface area contributed by atoms with Gasteiger partial charge in [-0.1, -0.05) is 42.5 Å². The van der Waals surface area contributed by atoms with Crippen LogP contribution in [0.3, 0.4) is 0 Å². The highest BCUT2D eigenvalue weighted by atomic mass is 32.1. The third-order valence-electron chi connectivity index (χ3n) is 10.3. The Bertz CT molecular complexity index is 2550. The minimum Gasteiger partial charge on any atom is -0.859 e. The van der Waals surface area contributed by atoms with E-state index in [-0.39, 0.29) is 20.7 Å². The average Bonchev–Trinajstić information content (AvgIpc) is 3.17. The van der Waals surface area contributed by atoms with Gasteiger partial charge < -0.3 is 34.1 Å². The Balaban J connectivity index is 1.39. The number of H-pyrrole nitrogens is 2. The summed E-state index contributed by atoms with van der Waals surface area (Å²) in [7, 11) is 3.26. The minimum atomic E-state index is -1.37. The van der Waals surface area contributed by atoms with Crippen molar-refractivity contribution in [2.45, 2.75) is 26.3 Å². The Kier molecular flexibility index (Phi) is 11.0. The molecule has 0 bridgehead atoms. The zero-order valence-corrected chi connectivity index (χ0v) is 33.1. The van der Waals surface area contributed by atoms with E-state index < -0.39 is 28.8 Å². The van der Waals surface area contributed by atoms with Crippen LogP contribution in [0.2, 0.25) is 0 Å². The van der Waals surface area contributed by atoms with E-state index in [1.54, 1.807) is 62.8 Å². The summed E-state index contributed by atoms with van der Waals surface area (Å²) in [6, 6.07) is 27.7. The number of piperazine rings is 1. The fourth-order valence-electron chi connectivity index (χ4n) is 7.59. The normalized spacial score (nSPS) is 13.8. The largest absolute Gasteiger partial charge is 0.859 e. The number of nitrogens with one attached hydrogen (secondary N) is 3. The SMILES string of the molecule is COc1ccc(C(c2c([O-])n(-c3cccc(C)c3)c(=S)[nH]c2=O)c2c(O)n(-c3cccc(C)c3)c(=S)[nH]c2=O)cc1C[NH+]1CCN(c2ccccc2OC)CC1. The number of nitrogens with zero attached hydrogens (tertiary/aromatic N) is 3. The number of anilines is 1. The van der Waals surface area contributed by atoms with Crippen molar-refractivity contribution in [1.82, 2.24) is 19.1 Å². The van der Waals surface area contributed by atoms with Crippen molar-refractivity contribution in [2.24, 2.45) is 0 Å². The van der Waals surface area contributed by atoms with Crippen molar-refractivity contribution < 1.29 is 24.6 Å². The molecule has 12 nitrogen and oxygen atoms in total. The second kappa shape index (κ2) is 16.0. The lowest BCUT2D eigenvalue weighted by Gasteiger charge is -2.34. The van der Waals surface area contributed by atoms with E-state index in [2.05, 4.69) is 20.9 Å². The molecule has 1 saturated heterocycles. The van der Waals surface area contributed by atoms with Gasteiger partial charge in [-0.15, -0.1) is 0 Å². The molecule has 7 rings (SSSR count). The van der Waals surface area contributed by atoms with E-state index in [0.717, 1.165) is 54.3 Å². The Labute approximate surface area is 333 Å². The van der Waals surface area contributed by atoms with Crippen molar-refractivity contribution >= 4 is 30.1 Å². The molecule has 1 aliphatic heterocycles. The third kappa shape index (κ3) is 7.38. The van der Waals surface area contributed by atoms with Crippen LogP contribution in [0.1, 0.15) is 39.3 Å². The van der Waals surface area contributed by atoms with Crippen molar-refractivity contribution in [3.63, 3.8) is 0 Å². The van der Waals surface area contributed by atoms with E-state index in [4.69, 9.17) is 33.9 Å². The molecule has 1 unspecified atom stereocenters. The van der Waals surface area contributed by atoms with E-state index in [9.17, 15) is 19.8 Å². The number of aromatic amines is 2. The molecular formula is C42H42N6O6S2. The van der Waals surface area contributed by atoms with Crippen LogP contribution in [0.25, 0.3) is 11.4 Å². The zero-order chi connectivity index (χ0) is 39.7. The molecule has 1 fully saturated rings. The number of benzene rings is 4. The molecular weight excluding hydrogens is 749 g/mol. The first kappa shape index (κ1) is 38.3. The Morgan fingerprint density at radius 2 is 1.36 bits per heavy atom. The van der Waals surface area contributed by atoms with Gasteiger partial charge in [0.15, 0.2) is 9.54 Å². The number of aromatic hydroxyl groups is 1. The molecule has 2 aromatic heterocycles. The van der Waals surface area contributed by atoms with Gasteiger partial charge in [0.25, 0.3) is 11.1 Å². The van der Waals surface area contributed by atoms with Gasteiger partial charge >= 0.3 is 0 Å². The quantitative estimate of drug-likeness (QED) is 0.147. The average molecular weight is 791 g/mol. The monoisotopic (exact) mass is 790 g/mol. The van der Waals surface area contributed by atoms with Gasteiger partial charge in [0, 0.05) is 16.8 Å². The second-order valence-electron chi connectivity index (χ2n) is 13.9. The molecule has 0 saturated carbocycles. The molecule has 0 amide bonds. The predicted octanol–water partition coefficient (Wildman–Crippen LogP) is 4.60. The highest BCUT2D eigenvalue weighted by Gasteiger charge is 2.32. The summed E-state index contributed by atoms with van der Waals surface area (Å²) in [6.45, 7) is 7.52. The van der Waals surface area contributed by atoms with Gasteiger partial charge in [-0.25, -0.2) is 0 Å². The molecule has 14 heteroatoms. The smallest absolute Gasteiger partial charge is 0.259 e. The maximum absolute atomic E-state index is 14.7. The fourth-order valence-corrected chi connectivity index (χ4v) is 8.15. The van der Waals surface area contributed by atoms with E-state index in [1.807, 2.05) is 50.2 Å². The molecule has 0 radical (unpaired) electrons. The molecule has 4 aromatic carbocycles. The molecule has 0 aliphatic carbocycles. The number of methoxy groups -OCH3 is 2. The third-order valence-corrected chi connectivity index (χ3v) is 10.9. The summed E-state index contributed by atoms with van der Waals surface area (Å²) in [4.78, 5) is 37.2. The van der Waals surface area contributed by atoms with Crippen LogP contribution in [0.4, 0.5) is 5.69 Å². The van der Waals surface area contributed by atoms with Gasteiger partial charge in [0.05, 0.1) is 63.3 Å². The summed E-state index contributed by atoms with van der Waals surface area (Å²) in [6.07, 6.45) is 0. The fraction of sp³-hybridized carbons (Fsp3) is 0.238. The molecule has 3 heterocycles.